The molecular weight excluding hydrogens is 532 g/mol. The highest BCUT2D eigenvalue weighted by molar-refractivity contribution is 5.94. The molecule has 1 fully saturated rings. The van der Waals surface area contributed by atoms with Gasteiger partial charge in [-0.3, -0.25) is 9.59 Å². The normalized spacial score (nSPS) is 14.7. The Bertz CT molecular complexity index is 1570. The fourth-order valence-electron chi connectivity index (χ4n) is 4.42. The number of aromatic amines is 1. The lowest BCUT2D eigenvalue weighted by molar-refractivity contribution is -0.138. The van der Waals surface area contributed by atoms with Gasteiger partial charge in [0.05, 0.1) is 28.2 Å². The third kappa shape index (κ3) is 5.28. The highest BCUT2D eigenvalue weighted by Gasteiger charge is 2.36. The van der Waals surface area contributed by atoms with Crippen molar-refractivity contribution in [1.82, 2.24) is 29.6 Å². The smallest absolute Gasteiger partial charge is 0.341 e. The molecule has 9 nitrogen and oxygen atoms in total. The van der Waals surface area contributed by atoms with Gasteiger partial charge in [-0.2, -0.15) is 31.4 Å². The van der Waals surface area contributed by atoms with Crippen LogP contribution < -0.4 is 10.5 Å². The Morgan fingerprint density at radius 2 is 1.64 bits per heavy atom. The number of rotatable bonds is 4. The van der Waals surface area contributed by atoms with Crippen molar-refractivity contribution in [3.8, 4) is 0 Å². The van der Waals surface area contributed by atoms with Crippen LogP contribution in [0.1, 0.15) is 27.0 Å². The Morgan fingerprint density at radius 1 is 0.949 bits per heavy atom. The topological polar surface area (TPSA) is 100 Å². The maximum atomic E-state index is 13.5. The van der Waals surface area contributed by atoms with Gasteiger partial charge in [0.25, 0.3) is 11.5 Å². The second-order valence-electron chi connectivity index (χ2n) is 8.88. The fraction of sp³-hybridized carbons (Fsp3) is 0.292. The summed E-state index contributed by atoms with van der Waals surface area (Å²) in [7, 11) is 0. The number of nitrogens with zero attached hydrogens (tertiary/aromatic N) is 6. The second kappa shape index (κ2) is 9.71. The van der Waals surface area contributed by atoms with E-state index in [9.17, 15) is 35.9 Å². The zero-order chi connectivity index (χ0) is 27.9. The summed E-state index contributed by atoms with van der Waals surface area (Å²) in [6.07, 6.45) is -5.88. The molecule has 0 unspecified atom stereocenters. The van der Waals surface area contributed by atoms with E-state index in [0.29, 0.717) is 36.6 Å². The van der Waals surface area contributed by atoms with Gasteiger partial charge in [0.2, 0.25) is 5.95 Å². The molecule has 1 N–H and O–H groups in total. The number of carbonyl (C=O) groups is 1. The first-order valence-electron chi connectivity index (χ1n) is 11.6. The zero-order valence-corrected chi connectivity index (χ0v) is 19.9. The van der Waals surface area contributed by atoms with E-state index in [-0.39, 0.29) is 37.0 Å². The number of amides is 1. The van der Waals surface area contributed by atoms with Crippen LogP contribution in [0.25, 0.3) is 10.9 Å². The molecule has 0 spiro atoms. The number of nitrogens with one attached hydrogen (secondary N) is 1. The van der Waals surface area contributed by atoms with Crippen molar-refractivity contribution in [3.05, 3.63) is 81.7 Å². The van der Waals surface area contributed by atoms with Crippen LogP contribution >= 0.6 is 0 Å². The van der Waals surface area contributed by atoms with E-state index in [1.54, 1.807) is 34.1 Å². The predicted molar refractivity (Wildman–Crippen MR) is 126 cm³/mol. The van der Waals surface area contributed by atoms with Gasteiger partial charge in [0.1, 0.15) is 0 Å². The number of benzene rings is 1. The summed E-state index contributed by atoms with van der Waals surface area (Å²) in [5.74, 6) is -0.182. The van der Waals surface area contributed by atoms with Crippen LogP contribution in [0.5, 0.6) is 0 Å². The number of aromatic nitrogens is 5. The number of hydrogen-bond donors (Lipinski definition) is 1. The Hall–Kier alpha value is -4.43. The molecule has 1 saturated heterocycles. The molecule has 0 atom stereocenters. The van der Waals surface area contributed by atoms with Gasteiger partial charge in [0, 0.05) is 56.9 Å². The fourth-order valence-corrected chi connectivity index (χ4v) is 4.42. The lowest BCUT2D eigenvalue weighted by Crippen LogP contribution is -2.49. The van der Waals surface area contributed by atoms with Crippen LogP contribution in [-0.2, 0) is 18.9 Å². The lowest BCUT2D eigenvalue weighted by Gasteiger charge is -2.34. The number of hydrogen-bond acceptors (Lipinski definition) is 6. The standard InChI is InChI=1S/C24H19F6N7O2/c25-23(26,27)16-9-31-22(32-10-16)36-6-4-35(5-7-36)21(39)15-3-1-2-14(8-15)12-37-13-17(24(28,29)30)19-18(37)11-33-34-20(19)38/h1-3,8-11,13H,4-7,12H2,(H,34,38). The molecule has 1 amide bonds. The van der Waals surface area contributed by atoms with Gasteiger partial charge in [-0.1, -0.05) is 12.1 Å². The van der Waals surface area contributed by atoms with Crippen LogP contribution in [-0.4, -0.2) is 61.7 Å². The van der Waals surface area contributed by atoms with Crippen LogP contribution in [0, 0.1) is 0 Å². The van der Waals surface area contributed by atoms with E-state index < -0.39 is 34.4 Å². The van der Waals surface area contributed by atoms with Crippen molar-refractivity contribution in [1.29, 1.82) is 0 Å². The number of alkyl halides is 6. The number of piperazine rings is 1. The van der Waals surface area contributed by atoms with Crippen molar-refractivity contribution in [3.63, 3.8) is 0 Å². The minimum atomic E-state index is -4.75. The quantitative estimate of drug-likeness (QED) is 0.390. The molecule has 1 aromatic carbocycles. The van der Waals surface area contributed by atoms with Crippen LogP contribution in [0.4, 0.5) is 32.3 Å². The maximum Gasteiger partial charge on any atom is 0.419 e. The molecule has 4 heterocycles. The van der Waals surface area contributed by atoms with Gasteiger partial charge >= 0.3 is 12.4 Å². The third-order valence-electron chi connectivity index (χ3n) is 6.35. The zero-order valence-electron chi connectivity index (χ0n) is 19.9. The summed E-state index contributed by atoms with van der Waals surface area (Å²) >= 11 is 0. The molecule has 15 heteroatoms. The Kier molecular flexibility index (Phi) is 6.52. The van der Waals surface area contributed by atoms with E-state index in [4.69, 9.17) is 0 Å². The average Bonchev–Trinajstić information content (AvgIpc) is 3.28. The first-order chi connectivity index (χ1) is 18.4. The molecule has 3 aromatic heterocycles. The largest absolute Gasteiger partial charge is 0.419 e. The first kappa shape index (κ1) is 26.2. The minimum Gasteiger partial charge on any atom is -0.341 e. The van der Waals surface area contributed by atoms with Crippen LogP contribution in [0.3, 0.4) is 0 Å². The number of fused-ring (bicyclic) bond motifs is 1. The molecule has 0 saturated carbocycles. The second-order valence-corrected chi connectivity index (χ2v) is 8.88. The molecule has 0 bridgehead atoms. The summed E-state index contributed by atoms with van der Waals surface area (Å²) in [6, 6.07) is 6.40. The van der Waals surface area contributed by atoms with Gasteiger partial charge in [-0.25, -0.2) is 15.1 Å². The maximum absolute atomic E-state index is 13.5. The summed E-state index contributed by atoms with van der Waals surface area (Å²) in [5, 5.41) is 5.12. The Labute approximate surface area is 215 Å². The molecule has 5 rings (SSSR count). The van der Waals surface area contributed by atoms with E-state index >= 15 is 0 Å². The van der Waals surface area contributed by atoms with Gasteiger partial charge in [0.15, 0.2) is 0 Å². The average molecular weight is 551 g/mol. The molecule has 0 radical (unpaired) electrons. The molecule has 0 aliphatic carbocycles. The van der Waals surface area contributed by atoms with E-state index in [1.165, 1.54) is 4.57 Å². The van der Waals surface area contributed by atoms with E-state index in [2.05, 4.69) is 15.1 Å². The van der Waals surface area contributed by atoms with Crippen molar-refractivity contribution in [2.45, 2.75) is 18.9 Å². The predicted octanol–water partition coefficient (Wildman–Crippen LogP) is 3.56. The molecule has 39 heavy (non-hydrogen) atoms. The highest BCUT2D eigenvalue weighted by Crippen LogP contribution is 2.34. The molecule has 1 aliphatic heterocycles. The lowest BCUT2D eigenvalue weighted by atomic mass is 10.1. The van der Waals surface area contributed by atoms with Crippen molar-refractivity contribution < 1.29 is 31.1 Å². The van der Waals surface area contributed by atoms with Crippen LogP contribution in [0.15, 0.2) is 53.8 Å². The van der Waals surface area contributed by atoms with Crippen molar-refractivity contribution in [2.75, 3.05) is 31.1 Å². The third-order valence-corrected chi connectivity index (χ3v) is 6.35. The van der Waals surface area contributed by atoms with E-state index in [0.717, 1.165) is 12.4 Å². The Morgan fingerprint density at radius 3 is 2.28 bits per heavy atom. The minimum absolute atomic E-state index is 0.00408. The molecule has 4 aromatic rings. The van der Waals surface area contributed by atoms with Gasteiger partial charge in [-0.05, 0) is 17.7 Å². The summed E-state index contributed by atoms with van der Waals surface area (Å²) in [5.41, 5.74) is -2.14. The number of halogens is 6. The first-order valence-corrected chi connectivity index (χ1v) is 11.6. The summed E-state index contributed by atoms with van der Waals surface area (Å²) in [4.78, 5) is 36.0. The van der Waals surface area contributed by atoms with E-state index in [1.807, 2.05) is 5.10 Å². The number of anilines is 1. The van der Waals surface area contributed by atoms with Gasteiger partial charge < -0.3 is 14.4 Å². The van der Waals surface area contributed by atoms with Crippen molar-refractivity contribution in [2.24, 2.45) is 0 Å². The number of carbonyl (C=O) groups excluding carboxylic acids is 1. The van der Waals surface area contributed by atoms with Gasteiger partial charge in [-0.15, -0.1) is 0 Å². The monoisotopic (exact) mass is 551 g/mol. The molecule has 1 aliphatic rings. The van der Waals surface area contributed by atoms with Crippen molar-refractivity contribution >= 4 is 22.8 Å². The molecule has 204 valence electrons. The van der Waals surface area contributed by atoms with Crippen LogP contribution in [0.2, 0.25) is 0 Å². The summed E-state index contributed by atoms with van der Waals surface area (Å²) in [6.45, 7) is 1.08. The number of H-pyrrole nitrogens is 1. The Balaban J connectivity index is 1.30. The molecular formula is C24H19F6N7O2. The highest BCUT2D eigenvalue weighted by atomic mass is 19.4. The SMILES string of the molecule is O=C(c1cccc(Cn2cc(C(F)(F)F)c3c(=O)[nH]ncc32)c1)N1CCN(c2ncc(C(F)(F)F)cn2)CC1. The summed E-state index contributed by atoms with van der Waals surface area (Å²) < 4.78 is 80.1.